The predicted molar refractivity (Wildman–Crippen MR) is 89.3 cm³/mol. The third-order valence-corrected chi connectivity index (χ3v) is 4.38. The van der Waals surface area contributed by atoms with Crippen LogP contribution in [-0.2, 0) is 0 Å². The van der Waals surface area contributed by atoms with Crippen LogP contribution in [0.1, 0.15) is 50.4 Å². The maximum absolute atomic E-state index is 3.47. The smallest absolute Gasteiger partial charge is 0.0447 e. The van der Waals surface area contributed by atoms with Crippen molar-refractivity contribution in [3.63, 3.8) is 0 Å². The van der Waals surface area contributed by atoms with Crippen molar-refractivity contribution >= 4 is 0 Å². The zero-order valence-electron chi connectivity index (χ0n) is 14.5. The lowest BCUT2D eigenvalue weighted by Crippen LogP contribution is -2.43. The van der Waals surface area contributed by atoms with Gasteiger partial charge in [-0.3, -0.25) is 0 Å². The van der Waals surface area contributed by atoms with Crippen LogP contribution in [0.5, 0.6) is 0 Å². The summed E-state index contributed by atoms with van der Waals surface area (Å²) < 4.78 is 0. The van der Waals surface area contributed by atoms with Gasteiger partial charge in [-0.25, -0.2) is 0 Å². The number of hydrogen-bond acceptors (Lipinski definition) is 2. The second kappa shape index (κ2) is 6.73. The number of likely N-dealkylation sites (N-methyl/N-ethyl adjacent to an activating group) is 2. The molecule has 0 fully saturated rings. The zero-order valence-corrected chi connectivity index (χ0v) is 14.5. The molecule has 1 aromatic rings. The van der Waals surface area contributed by atoms with Gasteiger partial charge >= 0.3 is 0 Å². The highest BCUT2D eigenvalue weighted by atomic mass is 15.2. The number of aryl methyl sites for hydroxylation is 2. The number of rotatable bonds is 5. The highest BCUT2D eigenvalue weighted by Gasteiger charge is 2.25. The molecule has 0 aliphatic rings. The van der Waals surface area contributed by atoms with E-state index in [1.165, 1.54) is 16.7 Å². The first-order chi connectivity index (χ1) is 9.15. The third-order valence-electron chi connectivity index (χ3n) is 4.38. The van der Waals surface area contributed by atoms with Gasteiger partial charge in [-0.15, -0.1) is 0 Å². The highest BCUT2D eigenvalue weighted by molar-refractivity contribution is 5.30. The molecule has 1 aromatic carbocycles. The summed E-state index contributed by atoms with van der Waals surface area (Å²) in [4.78, 5) is 2.46. The topological polar surface area (TPSA) is 15.3 Å². The minimum absolute atomic E-state index is 0.301. The third kappa shape index (κ3) is 4.60. The van der Waals surface area contributed by atoms with E-state index >= 15 is 0 Å². The van der Waals surface area contributed by atoms with E-state index in [4.69, 9.17) is 0 Å². The van der Waals surface area contributed by atoms with E-state index in [1.807, 2.05) is 0 Å². The minimum atomic E-state index is 0.301. The van der Waals surface area contributed by atoms with Crippen molar-refractivity contribution in [1.29, 1.82) is 0 Å². The van der Waals surface area contributed by atoms with E-state index in [0.717, 1.165) is 6.54 Å². The van der Waals surface area contributed by atoms with Crippen LogP contribution in [-0.4, -0.2) is 31.6 Å². The minimum Gasteiger partial charge on any atom is -0.312 e. The summed E-state index contributed by atoms with van der Waals surface area (Å²) in [6.07, 6.45) is 0. The molecule has 0 saturated carbocycles. The van der Waals surface area contributed by atoms with Crippen LogP contribution >= 0.6 is 0 Å². The molecular formula is C18H32N2. The Morgan fingerprint density at radius 2 is 1.60 bits per heavy atom. The molecule has 2 heteroatoms. The molecule has 0 saturated heterocycles. The van der Waals surface area contributed by atoms with E-state index in [9.17, 15) is 0 Å². The van der Waals surface area contributed by atoms with E-state index in [2.05, 4.69) is 84.1 Å². The molecule has 0 aromatic heterocycles. The van der Waals surface area contributed by atoms with E-state index in [1.54, 1.807) is 0 Å². The average Bonchev–Trinajstić information content (AvgIpc) is 2.32. The van der Waals surface area contributed by atoms with Crippen molar-refractivity contribution < 1.29 is 0 Å². The van der Waals surface area contributed by atoms with Gasteiger partial charge in [0.2, 0.25) is 0 Å². The summed E-state index contributed by atoms with van der Waals surface area (Å²) in [5, 5.41) is 3.47. The first-order valence-electron chi connectivity index (χ1n) is 7.61. The van der Waals surface area contributed by atoms with Gasteiger partial charge in [-0.2, -0.15) is 0 Å². The molecule has 0 aliphatic carbocycles. The summed E-state index contributed by atoms with van der Waals surface area (Å²) >= 11 is 0. The molecule has 0 amide bonds. The van der Waals surface area contributed by atoms with Gasteiger partial charge in [0, 0.05) is 18.6 Å². The number of hydrogen-bond donors (Lipinski definition) is 1. The Kier molecular flexibility index (Phi) is 5.79. The van der Waals surface area contributed by atoms with Crippen molar-refractivity contribution in [2.75, 3.05) is 20.6 Å². The second-order valence-electron chi connectivity index (χ2n) is 7.24. The lowest BCUT2D eigenvalue weighted by Gasteiger charge is -2.37. The van der Waals surface area contributed by atoms with Crippen LogP contribution in [0.2, 0.25) is 0 Å². The van der Waals surface area contributed by atoms with Crippen molar-refractivity contribution in [1.82, 2.24) is 10.2 Å². The first-order valence-corrected chi connectivity index (χ1v) is 7.61. The Balaban J connectivity index is 2.86. The Morgan fingerprint density at radius 3 is 2.00 bits per heavy atom. The molecule has 1 rings (SSSR count). The molecule has 0 heterocycles. The predicted octanol–water partition coefficient (Wildman–Crippen LogP) is 3.93. The van der Waals surface area contributed by atoms with Crippen molar-refractivity contribution in [2.45, 2.75) is 53.6 Å². The van der Waals surface area contributed by atoms with E-state index < -0.39 is 0 Å². The van der Waals surface area contributed by atoms with Crippen molar-refractivity contribution in [3.05, 3.63) is 34.9 Å². The summed E-state index contributed by atoms with van der Waals surface area (Å²) in [7, 11) is 4.28. The maximum atomic E-state index is 3.47. The average molecular weight is 276 g/mol. The van der Waals surface area contributed by atoms with Gasteiger partial charge in [0.15, 0.2) is 0 Å². The number of nitrogens with zero attached hydrogens (tertiary/aromatic N) is 1. The molecule has 2 nitrogen and oxygen atoms in total. The molecule has 0 aliphatic heterocycles. The number of benzene rings is 1. The van der Waals surface area contributed by atoms with Gasteiger partial charge < -0.3 is 10.2 Å². The molecule has 0 radical (unpaired) electrons. The van der Waals surface area contributed by atoms with Gasteiger partial charge in [-0.05, 0) is 45.8 Å². The Labute approximate surface area is 125 Å². The molecule has 0 bridgehead atoms. The molecular weight excluding hydrogens is 244 g/mol. The van der Waals surface area contributed by atoms with Crippen molar-refractivity contribution in [2.24, 2.45) is 5.41 Å². The van der Waals surface area contributed by atoms with Gasteiger partial charge in [0.1, 0.15) is 0 Å². The monoisotopic (exact) mass is 276 g/mol. The van der Waals surface area contributed by atoms with Crippen LogP contribution in [0.3, 0.4) is 0 Å². The van der Waals surface area contributed by atoms with E-state index in [0.29, 0.717) is 17.5 Å². The maximum Gasteiger partial charge on any atom is 0.0447 e. The first kappa shape index (κ1) is 17.2. The summed E-state index contributed by atoms with van der Waals surface area (Å²) in [6.45, 7) is 14.6. The highest BCUT2D eigenvalue weighted by Crippen LogP contribution is 2.25. The number of nitrogens with one attached hydrogen (secondary N) is 1. The van der Waals surface area contributed by atoms with Crippen LogP contribution < -0.4 is 5.32 Å². The quantitative estimate of drug-likeness (QED) is 0.876. The van der Waals surface area contributed by atoms with Gasteiger partial charge in [0.25, 0.3) is 0 Å². The van der Waals surface area contributed by atoms with Gasteiger partial charge in [0.05, 0.1) is 0 Å². The Hall–Kier alpha value is -0.860. The lowest BCUT2D eigenvalue weighted by atomic mass is 9.86. The lowest BCUT2D eigenvalue weighted by molar-refractivity contribution is 0.130. The van der Waals surface area contributed by atoms with Crippen LogP contribution in [0.15, 0.2) is 18.2 Å². The molecule has 2 atom stereocenters. The molecule has 2 unspecified atom stereocenters. The summed E-state index contributed by atoms with van der Waals surface area (Å²) in [5.74, 6) is 0. The molecule has 20 heavy (non-hydrogen) atoms. The largest absolute Gasteiger partial charge is 0.312 e. The fraction of sp³-hybridized carbons (Fsp3) is 0.667. The van der Waals surface area contributed by atoms with Crippen molar-refractivity contribution in [3.8, 4) is 0 Å². The molecule has 114 valence electrons. The van der Waals surface area contributed by atoms with Crippen LogP contribution in [0, 0.1) is 19.3 Å². The molecule has 1 N–H and O–H groups in total. The van der Waals surface area contributed by atoms with Gasteiger partial charge in [-0.1, -0.05) is 50.1 Å². The fourth-order valence-electron chi connectivity index (χ4n) is 2.68. The SMILES string of the molecule is CNC(CN(C)C(C)C(C)(C)C)c1cc(C)cc(C)c1. The fourth-order valence-corrected chi connectivity index (χ4v) is 2.68. The second-order valence-corrected chi connectivity index (χ2v) is 7.24. The van der Waals surface area contributed by atoms with Crippen LogP contribution in [0.25, 0.3) is 0 Å². The van der Waals surface area contributed by atoms with E-state index in [-0.39, 0.29) is 0 Å². The summed E-state index contributed by atoms with van der Waals surface area (Å²) in [5.41, 5.74) is 4.37. The normalized spacial score (nSPS) is 15.4. The zero-order chi connectivity index (χ0) is 15.5. The Morgan fingerprint density at radius 1 is 1.10 bits per heavy atom. The Bertz CT molecular complexity index is 411. The molecule has 0 spiro atoms. The van der Waals surface area contributed by atoms with Crippen LogP contribution in [0.4, 0.5) is 0 Å². The summed E-state index contributed by atoms with van der Waals surface area (Å²) in [6, 6.07) is 7.75. The standard InChI is InChI=1S/C18H32N2/c1-13-9-14(2)11-16(10-13)17(19-7)12-20(8)15(3)18(4,5)6/h9-11,15,17,19H,12H2,1-8H3.